The Morgan fingerprint density at radius 1 is 1.44 bits per heavy atom. The highest BCUT2D eigenvalue weighted by atomic mass is 32.1. The molecule has 18 heavy (non-hydrogen) atoms. The predicted molar refractivity (Wildman–Crippen MR) is 68.7 cm³/mol. The fraction of sp³-hybridized carbons (Fsp3) is 0.250. The first-order valence-electron chi connectivity index (χ1n) is 5.47. The molecule has 1 heterocycles. The average molecular weight is 264 g/mol. The first kappa shape index (κ1) is 12.5. The number of hydrogen-bond donors (Lipinski definition) is 1. The van der Waals surface area contributed by atoms with Gasteiger partial charge in [0, 0.05) is 0 Å². The summed E-state index contributed by atoms with van der Waals surface area (Å²) in [6.45, 7) is 1.75. The van der Waals surface area contributed by atoms with Gasteiger partial charge in [-0.15, -0.1) is 11.3 Å². The predicted octanol–water partition coefficient (Wildman–Crippen LogP) is 2.35. The summed E-state index contributed by atoms with van der Waals surface area (Å²) in [5.74, 6) is -0.308. The molecule has 1 aromatic heterocycles. The number of amides is 1. The highest BCUT2D eigenvalue weighted by molar-refractivity contribution is 7.20. The van der Waals surface area contributed by atoms with E-state index in [0.29, 0.717) is 11.4 Å². The Morgan fingerprint density at radius 2 is 2.17 bits per heavy atom. The second-order valence-electron chi connectivity index (χ2n) is 3.68. The Kier molecular flexibility index (Phi) is 3.57. The van der Waals surface area contributed by atoms with Crippen molar-refractivity contribution in [1.82, 2.24) is 4.98 Å². The Morgan fingerprint density at radius 3 is 2.78 bits per heavy atom. The van der Waals surface area contributed by atoms with Gasteiger partial charge in [-0.2, -0.15) is 0 Å². The minimum absolute atomic E-state index is 0.308. The van der Waals surface area contributed by atoms with Crippen LogP contribution in [0.5, 0.6) is 0 Å². The first-order chi connectivity index (χ1) is 8.61. The summed E-state index contributed by atoms with van der Waals surface area (Å²) in [7, 11) is 0. The Bertz CT molecular complexity index is 561. The molecule has 0 aliphatic carbocycles. The van der Waals surface area contributed by atoms with Crippen LogP contribution in [0, 0.1) is 0 Å². The van der Waals surface area contributed by atoms with Crippen molar-refractivity contribution < 1.29 is 14.3 Å². The molecule has 94 valence electrons. The molecule has 1 amide bonds. The molecule has 1 atom stereocenters. The van der Waals surface area contributed by atoms with E-state index in [1.807, 2.05) is 24.3 Å². The summed E-state index contributed by atoms with van der Waals surface area (Å²) in [5.41, 5.74) is 5.69. The Labute approximate surface area is 108 Å². The first-order valence-corrected chi connectivity index (χ1v) is 6.29. The molecule has 0 saturated carbocycles. The van der Waals surface area contributed by atoms with Crippen LogP contribution in [0.3, 0.4) is 0 Å². The van der Waals surface area contributed by atoms with Gasteiger partial charge in [-0.25, -0.2) is 9.78 Å². The second kappa shape index (κ2) is 5.14. The fourth-order valence-electron chi connectivity index (χ4n) is 1.58. The lowest BCUT2D eigenvalue weighted by Crippen LogP contribution is -2.29. The van der Waals surface area contributed by atoms with Gasteiger partial charge >= 0.3 is 6.09 Å². The molecule has 0 spiro atoms. The van der Waals surface area contributed by atoms with Gasteiger partial charge in [0.15, 0.2) is 11.1 Å². The van der Waals surface area contributed by atoms with Crippen LogP contribution in [0.15, 0.2) is 24.3 Å². The summed E-state index contributed by atoms with van der Waals surface area (Å²) < 4.78 is 5.69. The zero-order chi connectivity index (χ0) is 13.1. The van der Waals surface area contributed by atoms with Gasteiger partial charge in [0.1, 0.15) is 0 Å². The molecule has 0 unspecified atom stereocenters. The normalized spacial score (nSPS) is 12.3. The summed E-state index contributed by atoms with van der Waals surface area (Å²) in [5, 5.41) is 0.337. The molecule has 1 aromatic carbocycles. The lowest BCUT2D eigenvalue weighted by Gasteiger charge is -2.11. The highest BCUT2D eigenvalue weighted by Gasteiger charge is 2.24. The molecule has 0 aliphatic rings. The van der Waals surface area contributed by atoms with E-state index in [-0.39, 0.29) is 5.78 Å². The molecule has 2 N–H and O–H groups in total. The minimum Gasteiger partial charge on any atom is -0.438 e. The van der Waals surface area contributed by atoms with Gasteiger partial charge in [0.05, 0.1) is 10.2 Å². The topological polar surface area (TPSA) is 82.3 Å². The molecule has 6 heteroatoms. The molecule has 0 saturated heterocycles. The quantitative estimate of drug-likeness (QED) is 0.859. The number of ketones is 1. The van der Waals surface area contributed by atoms with Crippen molar-refractivity contribution in [3.05, 3.63) is 29.3 Å². The van der Waals surface area contributed by atoms with Gasteiger partial charge in [-0.3, -0.25) is 4.79 Å². The van der Waals surface area contributed by atoms with Crippen LogP contribution in [0.25, 0.3) is 10.2 Å². The molecule has 5 nitrogen and oxygen atoms in total. The van der Waals surface area contributed by atoms with Crippen molar-refractivity contribution in [3.8, 4) is 0 Å². The molecule has 0 aliphatic heterocycles. The van der Waals surface area contributed by atoms with Gasteiger partial charge in [0.2, 0.25) is 5.78 Å². The highest BCUT2D eigenvalue weighted by Crippen LogP contribution is 2.23. The summed E-state index contributed by atoms with van der Waals surface area (Å²) in [4.78, 5) is 27.0. The monoisotopic (exact) mass is 264 g/mol. The molecular formula is C12H12N2O3S. The summed E-state index contributed by atoms with van der Waals surface area (Å²) in [6.07, 6.45) is -1.43. The van der Waals surface area contributed by atoms with Crippen molar-refractivity contribution in [2.24, 2.45) is 5.73 Å². The number of Topliss-reactive ketones (excluding diaryl/α,β-unsaturated/α-hetero) is 1. The third kappa shape index (κ3) is 2.48. The molecule has 0 fully saturated rings. The largest absolute Gasteiger partial charge is 0.438 e. The SMILES string of the molecule is CC[C@H](OC(N)=O)C(=O)c1nc2ccccc2s1. The van der Waals surface area contributed by atoms with Crippen LogP contribution in [-0.4, -0.2) is 23.0 Å². The van der Waals surface area contributed by atoms with Crippen LogP contribution < -0.4 is 5.73 Å². The Hall–Kier alpha value is -1.95. The van der Waals surface area contributed by atoms with Gasteiger partial charge in [0.25, 0.3) is 0 Å². The number of primary amides is 1. The number of para-hydroxylation sites is 1. The minimum atomic E-state index is -0.948. The van der Waals surface area contributed by atoms with E-state index in [9.17, 15) is 9.59 Å². The molecule has 0 radical (unpaired) electrons. The maximum atomic E-state index is 12.1. The average Bonchev–Trinajstić information content (AvgIpc) is 2.78. The fourth-order valence-corrected chi connectivity index (χ4v) is 2.53. The van der Waals surface area contributed by atoms with E-state index in [2.05, 4.69) is 4.98 Å². The van der Waals surface area contributed by atoms with E-state index >= 15 is 0 Å². The number of thiazole rings is 1. The number of ether oxygens (including phenoxy) is 1. The van der Waals surface area contributed by atoms with Crippen molar-refractivity contribution in [2.75, 3.05) is 0 Å². The van der Waals surface area contributed by atoms with Gasteiger partial charge < -0.3 is 10.5 Å². The number of fused-ring (bicyclic) bond motifs is 1. The summed E-state index contributed by atoms with van der Waals surface area (Å²) >= 11 is 1.28. The van der Waals surface area contributed by atoms with Crippen molar-refractivity contribution in [2.45, 2.75) is 19.4 Å². The number of carbonyl (C=O) groups excluding carboxylic acids is 2. The zero-order valence-corrected chi connectivity index (χ0v) is 10.6. The standard InChI is InChI=1S/C12H12N2O3S/c1-2-8(17-12(13)16)10(15)11-14-7-5-3-4-6-9(7)18-11/h3-6,8H,2H2,1H3,(H2,13,16)/t8-/m0/s1. The van der Waals surface area contributed by atoms with Crippen LogP contribution >= 0.6 is 11.3 Å². The number of rotatable bonds is 4. The van der Waals surface area contributed by atoms with E-state index < -0.39 is 12.2 Å². The number of hydrogen-bond acceptors (Lipinski definition) is 5. The van der Waals surface area contributed by atoms with E-state index in [0.717, 1.165) is 10.2 Å². The number of aromatic nitrogens is 1. The van der Waals surface area contributed by atoms with Gasteiger partial charge in [-0.1, -0.05) is 19.1 Å². The summed E-state index contributed by atoms with van der Waals surface area (Å²) in [6, 6.07) is 7.46. The smallest absolute Gasteiger partial charge is 0.405 e. The van der Waals surface area contributed by atoms with Crippen molar-refractivity contribution in [3.63, 3.8) is 0 Å². The van der Waals surface area contributed by atoms with Crippen LogP contribution in [-0.2, 0) is 4.74 Å². The van der Waals surface area contributed by atoms with Crippen LogP contribution in [0.4, 0.5) is 4.79 Å². The molecule has 2 aromatic rings. The Balaban J connectivity index is 2.29. The third-order valence-corrected chi connectivity index (χ3v) is 3.48. The van der Waals surface area contributed by atoms with Crippen molar-refractivity contribution >= 4 is 33.4 Å². The van der Waals surface area contributed by atoms with E-state index in [1.165, 1.54) is 11.3 Å². The number of nitrogens with two attached hydrogens (primary N) is 1. The maximum absolute atomic E-state index is 12.1. The zero-order valence-electron chi connectivity index (χ0n) is 9.75. The lowest BCUT2D eigenvalue weighted by molar-refractivity contribution is 0.0646. The van der Waals surface area contributed by atoms with E-state index in [4.69, 9.17) is 10.5 Å². The molecular weight excluding hydrogens is 252 g/mol. The number of benzene rings is 1. The third-order valence-electron chi connectivity index (χ3n) is 2.43. The second-order valence-corrected chi connectivity index (χ2v) is 4.72. The molecule has 2 rings (SSSR count). The maximum Gasteiger partial charge on any atom is 0.405 e. The number of nitrogens with zero attached hydrogens (tertiary/aromatic N) is 1. The van der Waals surface area contributed by atoms with Crippen LogP contribution in [0.2, 0.25) is 0 Å². The van der Waals surface area contributed by atoms with Crippen LogP contribution in [0.1, 0.15) is 23.1 Å². The van der Waals surface area contributed by atoms with E-state index in [1.54, 1.807) is 6.92 Å². The lowest BCUT2D eigenvalue weighted by atomic mass is 10.2. The molecule has 0 bridgehead atoms. The van der Waals surface area contributed by atoms with Crippen molar-refractivity contribution in [1.29, 1.82) is 0 Å². The van der Waals surface area contributed by atoms with Gasteiger partial charge in [-0.05, 0) is 18.6 Å². The number of carbonyl (C=O) groups is 2.